The summed E-state index contributed by atoms with van der Waals surface area (Å²) in [6, 6.07) is 17.0. The van der Waals surface area contributed by atoms with Crippen molar-refractivity contribution in [1.29, 1.82) is 0 Å². The zero-order valence-electron chi connectivity index (χ0n) is 17.4. The Kier molecular flexibility index (Phi) is 5.23. The van der Waals surface area contributed by atoms with E-state index in [0.717, 1.165) is 34.7 Å². The molecule has 0 fully saturated rings. The Labute approximate surface area is 175 Å². The molecule has 1 aliphatic rings. The van der Waals surface area contributed by atoms with Crippen molar-refractivity contribution < 1.29 is 23.7 Å². The number of carbonyl (C=O) groups excluding carboxylic acids is 1. The normalized spacial score (nSPS) is 11.9. The van der Waals surface area contributed by atoms with Gasteiger partial charge in [0.05, 0.1) is 39.8 Å². The molecule has 0 saturated carbocycles. The average molecular weight is 405 g/mol. The fourth-order valence-corrected chi connectivity index (χ4v) is 3.81. The first-order chi connectivity index (χ1) is 14.6. The van der Waals surface area contributed by atoms with E-state index in [2.05, 4.69) is 0 Å². The number of nitrogens with zero attached hydrogens (tertiary/aromatic N) is 1. The predicted octanol–water partition coefficient (Wildman–Crippen LogP) is 4.60. The molecule has 3 aromatic rings. The molecule has 0 spiro atoms. The van der Waals surface area contributed by atoms with Crippen LogP contribution in [0.2, 0.25) is 0 Å². The van der Waals surface area contributed by atoms with E-state index >= 15 is 0 Å². The first-order valence-electron chi connectivity index (χ1n) is 9.50. The molecule has 0 bridgehead atoms. The first kappa shape index (κ1) is 19.6. The van der Waals surface area contributed by atoms with E-state index in [1.807, 2.05) is 42.5 Å². The van der Waals surface area contributed by atoms with Gasteiger partial charge in [-0.3, -0.25) is 9.69 Å². The lowest BCUT2D eigenvalue weighted by molar-refractivity contribution is 0.0997. The van der Waals surface area contributed by atoms with E-state index in [1.165, 1.54) is 21.3 Å². The van der Waals surface area contributed by atoms with Crippen LogP contribution in [0.4, 0.5) is 11.4 Å². The fourth-order valence-electron chi connectivity index (χ4n) is 3.81. The van der Waals surface area contributed by atoms with Crippen LogP contribution in [0.3, 0.4) is 0 Å². The van der Waals surface area contributed by atoms with Crippen molar-refractivity contribution in [2.75, 3.05) is 33.3 Å². The molecular weight excluding hydrogens is 382 g/mol. The Bertz CT molecular complexity index is 1080. The molecule has 0 N–H and O–H groups in total. The second-order valence-corrected chi connectivity index (χ2v) is 6.85. The van der Waals surface area contributed by atoms with Gasteiger partial charge in [0.1, 0.15) is 5.75 Å². The number of carbonyl (C=O) groups is 1. The Morgan fingerprint density at radius 1 is 0.767 bits per heavy atom. The van der Waals surface area contributed by atoms with Gasteiger partial charge < -0.3 is 18.9 Å². The number of rotatable bonds is 5. The summed E-state index contributed by atoms with van der Waals surface area (Å²) >= 11 is 0. The lowest BCUT2D eigenvalue weighted by Crippen LogP contribution is -2.30. The molecule has 6 heteroatoms. The number of methoxy groups -OCH3 is 4. The van der Waals surface area contributed by atoms with Crippen LogP contribution in [-0.4, -0.2) is 34.3 Å². The Balaban J connectivity index is 1.87. The van der Waals surface area contributed by atoms with Crippen molar-refractivity contribution in [3.8, 4) is 23.0 Å². The third kappa shape index (κ3) is 3.20. The number of amides is 1. The van der Waals surface area contributed by atoms with Gasteiger partial charge >= 0.3 is 0 Å². The average Bonchev–Trinajstić information content (AvgIpc) is 2.80. The number of benzene rings is 3. The third-order valence-electron chi connectivity index (χ3n) is 5.26. The van der Waals surface area contributed by atoms with Gasteiger partial charge in [0.2, 0.25) is 5.75 Å². The highest BCUT2D eigenvalue weighted by atomic mass is 16.5. The number of hydrogen-bond donors (Lipinski definition) is 0. The van der Waals surface area contributed by atoms with Gasteiger partial charge in [0.25, 0.3) is 5.91 Å². The van der Waals surface area contributed by atoms with Crippen LogP contribution >= 0.6 is 0 Å². The summed E-state index contributed by atoms with van der Waals surface area (Å²) in [7, 11) is 6.23. The van der Waals surface area contributed by atoms with Gasteiger partial charge in [-0.25, -0.2) is 0 Å². The summed E-state index contributed by atoms with van der Waals surface area (Å²) in [5.41, 5.74) is 4.21. The van der Waals surface area contributed by atoms with E-state index in [9.17, 15) is 4.79 Å². The van der Waals surface area contributed by atoms with Crippen LogP contribution < -0.4 is 23.8 Å². The van der Waals surface area contributed by atoms with Crippen LogP contribution in [0.1, 0.15) is 21.5 Å². The molecular formula is C24H23NO5. The van der Waals surface area contributed by atoms with E-state index in [1.54, 1.807) is 24.1 Å². The zero-order valence-corrected chi connectivity index (χ0v) is 17.4. The first-order valence-corrected chi connectivity index (χ1v) is 9.50. The van der Waals surface area contributed by atoms with Gasteiger partial charge in [0, 0.05) is 12.0 Å². The highest BCUT2D eigenvalue weighted by Crippen LogP contribution is 2.43. The maximum Gasteiger partial charge on any atom is 0.263 e. The molecule has 1 amide bonds. The van der Waals surface area contributed by atoms with Crippen LogP contribution in [0, 0.1) is 0 Å². The minimum atomic E-state index is -0.187. The van der Waals surface area contributed by atoms with Gasteiger partial charge in [-0.2, -0.15) is 0 Å². The molecule has 0 radical (unpaired) electrons. The molecule has 0 aromatic heterocycles. The van der Waals surface area contributed by atoms with Gasteiger partial charge in [-0.1, -0.05) is 18.2 Å². The molecule has 0 aliphatic carbocycles. The van der Waals surface area contributed by atoms with Crippen LogP contribution in [-0.2, 0) is 6.42 Å². The summed E-state index contributed by atoms with van der Waals surface area (Å²) in [5.74, 6) is 1.88. The Morgan fingerprint density at radius 2 is 1.43 bits per heavy atom. The van der Waals surface area contributed by atoms with Gasteiger partial charge in [0.15, 0.2) is 11.5 Å². The molecule has 30 heavy (non-hydrogen) atoms. The van der Waals surface area contributed by atoms with Gasteiger partial charge in [-0.05, 0) is 47.5 Å². The van der Waals surface area contributed by atoms with E-state index in [0.29, 0.717) is 22.8 Å². The maximum atomic E-state index is 13.8. The quantitative estimate of drug-likeness (QED) is 0.621. The summed E-state index contributed by atoms with van der Waals surface area (Å²) in [5, 5.41) is 0. The number of fused-ring (bicyclic) bond motifs is 2. The highest BCUT2D eigenvalue weighted by Gasteiger charge is 2.30. The predicted molar refractivity (Wildman–Crippen MR) is 115 cm³/mol. The SMILES string of the molecule is COc1ccc2c(c1)Cc1ccccc1N2C(=O)c1cc(OC)c(OC)c(OC)c1. The van der Waals surface area contributed by atoms with Crippen LogP contribution in [0.5, 0.6) is 23.0 Å². The van der Waals surface area contributed by atoms with Crippen molar-refractivity contribution in [3.05, 3.63) is 71.3 Å². The smallest absolute Gasteiger partial charge is 0.263 e. The largest absolute Gasteiger partial charge is 0.497 e. The standard InChI is InChI=1S/C24H23NO5/c1-27-18-9-10-20-16(12-18)11-15-7-5-6-8-19(15)25(20)24(26)17-13-21(28-2)23(30-4)22(14-17)29-3/h5-10,12-14H,11H2,1-4H3. The molecule has 1 heterocycles. The second kappa shape index (κ2) is 7.99. The van der Waals surface area contributed by atoms with Crippen molar-refractivity contribution in [1.82, 2.24) is 0 Å². The van der Waals surface area contributed by atoms with E-state index in [-0.39, 0.29) is 5.91 Å². The number of ether oxygens (including phenoxy) is 4. The molecule has 0 unspecified atom stereocenters. The topological polar surface area (TPSA) is 57.2 Å². The molecule has 0 saturated heterocycles. The lowest BCUT2D eigenvalue weighted by atomic mass is 9.94. The summed E-state index contributed by atoms with van der Waals surface area (Å²) < 4.78 is 21.6. The van der Waals surface area contributed by atoms with Crippen molar-refractivity contribution >= 4 is 17.3 Å². The summed E-state index contributed by atoms with van der Waals surface area (Å²) in [6.45, 7) is 0. The minimum absolute atomic E-state index is 0.187. The Hall–Kier alpha value is -3.67. The summed E-state index contributed by atoms with van der Waals surface area (Å²) in [4.78, 5) is 15.5. The third-order valence-corrected chi connectivity index (χ3v) is 5.26. The fraction of sp³-hybridized carbons (Fsp3) is 0.208. The van der Waals surface area contributed by atoms with Crippen molar-refractivity contribution in [2.24, 2.45) is 0 Å². The van der Waals surface area contributed by atoms with Crippen molar-refractivity contribution in [2.45, 2.75) is 6.42 Å². The van der Waals surface area contributed by atoms with Crippen LogP contribution in [0.15, 0.2) is 54.6 Å². The number of para-hydroxylation sites is 1. The van der Waals surface area contributed by atoms with E-state index in [4.69, 9.17) is 18.9 Å². The number of anilines is 2. The number of hydrogen-bond acceptors (Lipinski definition) is 5. The Morgan fingerprint density at radius 3 is 2.07 bits per heavy atom. The minimum Gasteiger partial charge on any atom is -0.497 e. The monoisotopic (exact) mass is 405 g/mol. The zero-order chi connectivity index (χ0) is 21.3. The molecule has 0 atom stereocenters. The molecule has 4 rings (SSSR count). The van der Waals surface area contributed by atoms with Crippen molar-refractivity contribution in [3.63, 3.8) is 0 Å². The van der Waals surface area contributed by atoms with Crippen LogP contribution in [0.25, 0.3) is 0 Å². The van der Waals surface area contributed by atoms with E-state index < -0.39 is 0 Å². The second-order valence-electron chi connectivity index (χ2n) is 6.85. The highest BCUT2D eigenvalue weighted by molar-refractivity contribution is 6.13. The molecule has 6 nitrogen and oxygen atoms in total. The lowest BCUT2D eigenvalue weighted by Gasteiger charge is -2.32. The van der Waals surface area contributed by atoms with Gasteiger partial charge in [-0.15, -0.1) is 0 Å². The molecule has 154 valence electrons. The molecule has 3 aromatic carbocycles. The summed E-state index contributed by atoms with van der Waals surface area (Å²) in [6.07, 6.45) is 0.724. The maximum absolute atomic E-state index is 13.8. The molecule has 1 aliphatic heterocycles.